The molecule has 1 saturated carbocycles. The van der Waals surface area contributed by atoms with Gasteiger partial charge in [-0.1, -0.05) is 105 Å². The molecule has 0 radical (unpaired) electrons. The minimum absolute atomic E-state index is 0.0314. The molecule has 5 rings (SSSR count). The summed E-state index contributed by atoms with van der Waals surface area (Å²) in [7, 11) is -2.54. The molecule has 5 heteroatoms. The van der Waals surface area contributed by atoms with E-state index in [0.29, 0.717) is 0 Å². The molecule has 3 atom stereocenters. The zero-order chi connectivity index (χ0) is 28.2. The van der Waals surface area contributed by atoms with Crippen LogP contribution in [0, 0.1) is 5.41 Å². The monoisotopic (exact) mass is 555 g/mol. The van der Waals surface area contributed by atoms with Crippen LogP contribution in [0.3, 0.4) is 0 Å². The van der Waals surface area contributed by atoms with Crippen molar-refractivity contribution in [1.29, 1.82) is 0 Å². The first-order chi connectivity index (χ1) is 19.3. The Morgan fingerprint density at radius 2 is 1.48 bits per heavy atom. The van der Waals surface area contributed by atoms with Crippen molar-refractivity contribution in [3.63, 3.8) is 0 Å². The highest BCUT2D eigenvalue weighted by Gasteiger charge is 2.48. The molecule has 2 aliphatic rings. The molecule has 0 saturated heterocycles. The SMILES string of the molecule is CCCC[Si](OC1CC(OC(=O)C(C)(C)C)C(N2CCc3ccccc3C2)C1)(c1ccccc1)c1ccccc1. The van der Waals surface area contributed by atoms with Crippen LogP contribution in [-0.2, 0) is 26.9 Å². The molecule has 0 spiro atoms. The van der Waals surface area contributed by atoms with Gasteiger partial charge in [-0.15, -0.1) is 0 Å². The fourth-order valence-corrected chi connectivity index (χ4v) is 10.8. The van der Waals surface area contributed by atoms with Crippen LogP contribution in [-0.4, -0.2) is 44.0 Å². The summed E-state index contributed by atoms with van der Waals surface area (Å²) < 4.78 is 13.8. The maximum absolute atomic E-state index is 13.2. The number of benzene rings is 3. The molecule has 0 aromatic heterocycles. The average molecular weight is 556 g/mol. The smallest absolute Gasteiger partial charge is 0.311 e. The van der Waals surface area contributed by atoms with Gasteiger partial charge in [0.15, 0.2) is 0 Å². The topological polar surface area (TPSA) is 38.8 Å². The van der Waals surface area contributed by atoms with Gasteiger partial charge >= 0.3 is 5.97 Å². The summed E-state index contributed by atoms with van der Waals surface area (Å²) in [5.41, 5.74) is 2.29. The standard InChI is InChI=1S/C35H45NO3Si/c1-5-6-23-40(30-17-9-7-10-18-30,31-19-11-8-12-20-31)39-29-24-32(33(25-29)38-34(37)35(2,3)4)36-22-21-27-15-13-14-16-28(27)26-36/h7-20,29,32-33H,5-6,21-26H2,1-4H3. The molecule has 4 nitrogen and oxygen atoms in total. The first-order valence-corrected chi connectivity index (χ1v) is 17.2. The normalized spacial score (nSPS) is 21.6. The Morgan fingerprint density at radius 3 is 2.08 bits per heavy atom. The third-order valence-electron chi connectivity index (χ3n) is 8.66. The van der Waals surface area contributed by atoms with E-state index in [4.69, 9.17) is 9.16 Å². The number of rotatable bonds is 9. The van der Waals surface area contributed by atoms with Crippen LogP contribution < -0.4 is 10.4 Å². The predicted octanol–water partition coefficient (Wildman–Crippen LogP) is 6.11. The predicted molar refractivity (Wildman–Crippen MR) is 165 cm³/mol. The van der Waals surface area contributed by atoms with Crippen LogP contribution in [0.2, 0.25) is 6.04 Å². The summed E-state index contributed by atoms with van der Waals surface area (Å²) >= 11 is 0. The molecule has 3 unspecified atom stereocenters. The van der Waals surface area contributed by atoms with E-state index < -0.39 is 13.7 Å². The largest absolute Gasteiger partial charge is 0.460 e. The number of nitrogens with zero attached hydrogens (tertiary/aromatic N) is 1. The highest BCUT2D eigenvalue weighted by molar-refractivity contribution is 6.97. The lowest BCUT2D eigenvalue weighted by Gasteiger charge is -2.37. The Balaban J connectivity index is 1.47. The Labute approximate surface area is 241 Å². The summed E-state index contributed by atoms with van der Waals surface area (Å²) in [5, 5.41) is 2.65. The molecule has 0 bridgehead atoms. The maximum Gasteiger partial charge on any atom is 0.311 e. The minimum Gasteiger partial charge on any atom is -0.460 e. The molecular weight excluding hydrogens is 510 g/mol. The van der Waals surface area contributed by atoms with E-state index in [-0.39, 0.29) is 24.2 Å². The lowest BCUT2D eigenvalue weighted by Crippen LogP contribution is -2.62. The first-order valence-electron chi connectivity index (χ1n) is 15.1. The van der Waals surface area contributed by atoms with Gasteiger partial charge in [-0.25, -0.2) is 0 Å². The number of fused-ring (bicyclic) bond motifs is 1. The molecule has 1 heterocycles. The van der Waals surface area contributed by atoms with Gasteiger partial charge in [0.05, 0.1) is 11.5 Å². The van der Waals surface area contributed by atoms with E-state index in [1.165, 1.54) is 21.5 Å². The van der Waals surface area contributed by atoms with Crippen molar-refractivity contribution in [2.75, 3.05) is 6.54 Å². The van der Waals surface area contributed by atoms with Gasteiger partial charge in [-0.2, -0.15) is 0 Å². The first kappa shape index (κ1) is 28.8. The summed E-state index contributed by atoms with van der Waals surface area (Å²) in [6, 6.07) is 31.8. The van der Waals surface area contributed by atoms with Crippen molar-refractivity contribution < 1.29 is 14.0 Å². The number of carbonyl (C=O) groups is 1. The molecule has 1 aliphatic carbocycles. The second kappa shape index (κ2) is 12.4. The lowest BCUT2D eigenvalue weighted by atomic mass is 9.96. The fraction of sp³-hybridized carbons (Fsp3) is 0.457. The number of unbranched alkanes of at least 4 members (excludes halogenated alkanes) is 1. The quantitative estimate of drug-likeness (QED) is 0.236. The van der Waals surface area contributed by atoms with Crippen molar-refractivity contribution in [2.45, 2.75) is 90.6 Å². The third kappa shape index (κ3) is 6.27. The van der Waals surface area contributed by atoms with Crippen LogP contribution in [0.25, 0.3) is 0 Å². The van der Waals surface area contributed by atoms with Crippen molar-refractivity contribution in [1.82, 2.24) is 4.90 Å². The van der Waals surface area contributed by atoms with E-state index in [1.54, 1.807) is 0 Å². The highest BCUT2D eigenvalue weighted by Crippen LogP contribution is 2.36. The van der Waals surface area contributed by atoms with E-state index >= 15 is 0 Å². The molecule has 40 heavy (non-hydrogen) atoms. The van der Waals surface area contributed by atoms with Crippen molar-refractivity contribution >= 4 is 24.7 Å². The van der Waals surface area contributed by atoms with Crippen LogP contribution in [0.4, 0.5) is 0 Å². The fourth-order valence-electron chi connectivity index (χ4n) is 6.43. The van der Waals surface area contributed by atoms with E-state index in [1.807, 2.05) is 20.8 Å². The van der Waals surface area contributed by atoms with Crippen LogP contribution in [0.1, 0.15) is 64.5 Å². The Morgan fingerprint density at radius 1 is 0.875 bits per heavy atom. The maximum atomic E-state index is 13.2. The van der Waals surface area contributed by atoms with Crippen molar-refractivity contribution in [2.24, 2.45) is 5.41 Å². The zero-order valence-electron chi connectivity index (χ0n) is 24.6. The van der Waals surface area contributed by atoms with E-state index in [2.05, 4.69) is 96.8 Å². The van der Waals surface area contributed by atoms with Crippen LogP contribution in [0.15, 0.2) is 84.9 Å². The summed E-state index contributed by atoms with van der Waals surface area (Å²) in [6.45, 7) is 9.96. The average Bonchev–Trinajstić information content (AvgIpc) is 3.37. The van der Waals surface area contributed by atoms with Gasteiger partial charge in [0, 0.05) is 25.6 Å². The molecule has 3 aromatic carbocycles. The van der Waals surface area contributed by atoms with Gasteiger partial charge in [-0.3, -0.25) is 9.69 Å². The summed E-state index contributed by atoms with van der Waals surface area (Å²) in [5.74, 6) is -0.124. The van der Waals surface area contributed by atoms with Gasteiger partial charge in [0.2, 0.25) is 0 Å². The van der Waals surface area contributed by atoms with Crippen molar-refractivity contribution in [3.05, 3.63) is 96.1 Å². The second-order valence-corrected chi connectivity index (χ2v) is 16.2. The summed E-state index contributed by atoms with van der Waals surface area (Å²) in [4.78, 5) is 15.7. The number of ether oxygens (including phenoxy) is 1. The Hall–Kier alpha value is -2.73. The molecular formula is C35H45NO3Si. The Bertz CT molecular complexity index is 1220. The van der Waals surface area contributed by atoms with Crippen LogP contribution in [0.5, 0.6) is 0 Å². The van der Waals surface area contributed by atoms with Gasteiger partial charge in [-0.05, 0) is 61.2 Å². The Kier molecular flexibility index (Phi) is 8.94. The van der Waals surface area contributed by atoms with E-state index in [9.17, 15) is 4.79 Å². The van der Waals surface area contributed by atoms with Gasteiger partial charge in [0.25, 0.3) is 8.32 Å². The molecule has 0 N–H and O–H groups in total. The molecule has 0 amide bonds. The number of carbonyl (C=O) groups excluding carboxylic acids is 1. The van der Waals surface area contributed by atoms with E-state index in [0.717, 1.165) is 51.2 Å². The summed E-state index contributed by atoms with van der Waals surface area (Å²) in [6.07, 6.45) is 4.76. The zero-order valence-corrected chi connectivity index (χ0v) is 25.6. The van der Waals surface area contributed by atoms with Crippen molar-refractivity contribution in [3.8, 4) is 0 Å². The number of hydrogen-bond acceptors (Lipinski definition) is 4. The highest BCUT2D eigenvalue weighted by atomic mass is 28.4. The molecule has 212 valence electrons. The molecule has 1 aliphatic heterocycles. The molecule has 1 fully saturated rings. The van der Waals surface area contributed by atoms with Gasteiger partial charge < -0.3 is 9.16 Å². The van der Waals surface area contributed by atoms with Crippen LogP contribution >= 0.6 is 0 Å². The van der Waals surface area contributed by atoms with Gasteiger partial charge in [0.1, 0.15) is 6.10 Å². The lowest BCUT2D eigenvalue weighted by molar-refractivity contribution is -0.161. The number of hydrogen-bond donors (Lipinski definition) is 0. The molecule has 3 aromatic rings. The number of esters is 1. The third-order valence-corrected chi connectivity index (χ3v) is 13.0. The minimum atomic E-state index is -2.54. The second-order valence-electron chi connectivity index (χ2n) is 12.6.